The Morgan fingerprint density at radius 2 is 2.24 bits per heavy atom. The van der Waals surface area contributed by atoms with E-state index in [1.54, 1.807) is 11.2 Å². The number of hydrogen-bond acceptors (Lipinski definition) is 6. The highest BCUT2D eigenvalue weighted by Gasteiger charge is 2.54. The molecule has 118 valence electrons. The minimum absolute atomic E-state index is 0.0366. The predicted octanol–water partition coefficient (Wildman–Crippen LogP) is 0.850. The van der Waals surface area contributed by atoms with Gasteiger partial charge >= 0.3 is 0 Å². The number of hydrogen-bond donors (Lipinski definition) is 0. The summed E-state index contributed by atoms with van der Waals surface area (Å²) in [5.74, 6) is 1.19. The highest BCUT2D eigenvalue weighted by Crippen LogP contribution is 2.43. The third kappa shape index (κ3) is 2.49. The van der Waals surface area contributed by atoms with E-state index < -0.39 is 15.4 Å². The van der Waals surface area contributed by atoms with Crippen molar-refractivity contribution in [2.24, 2.45) is 0 Å². The van der Waals surface area contributed by atoms with Crippen LogP contribution in [0.2, 0.25) is 0 Å². The van der Waals surface area contributed by atoms with Crippen LogP contribution in [0.25, 0.3) is 0 Å². The van der Waals surface area contributed by atoms with Gasteiger partial charge in [-0.15, -0.1) is 10.2 Å². The number of fused-ring (bicyclic) bond motifs is 1. The molecule has 1 aromatic heterocycles. The SMILES string of the molecule is CCCS(=O)(=O)N1CC[C@H]2OCC[C@@]2(c2nnc(C)o2)C1. The van der Waals surface area contributed by atoms with Crippen LogP contribution in [-0.4, -0.2) is 54.5 Å². The first-order chi connectivity index (χ1) is 9.98. The molecule has 2 aliphatic rings. The average molecular weight is 315 g/mol. The molecule has 0 unspecified atom stereocenters. The Balaban J connectivity index is 1.93. The molecule has 2 saturated heterocycles. The molecule has 0 N–H and O–H groups in total. The fraction of sp³-hybridized carbons (Fsp3) is 0.846. The summed E-state index contributed by atoms with van der Waals surface area (Å²) >= 11 is 0. The van der Waals surface area contributed by atoms with Crippen molar-refractivity contribution >= 4 is 10.0 Å². The van der Waals surface area contributed by atoms with Crippen LogP contribution in [0, 0.1) is 6.92 Å². The number of sulfonamides is 1. The third-order valence-electron chi connectivity index (χ3n) is 4.39. The summed E-state index contributed by atoms with van der Waals surface area (Å²) in [6.45, 7) is 5.10. The molecule has 0 bridgehead atoms. The van der Waals surface area contributed by atoms with E-state index in [1.807, 2.05) is 6.92 Å². The van der Waals surface area contributed by atoms with Crippen molar-refractivity contribution in [2.45, 2.75) is 44.6 Å². The molecule has 0 radical (unpaired) electrons. The van der Waals surface area contributed by atoms with Crippen LogP contribution in [-0.2, 0) is 20.2 Å². The van der Waals surface area contributed by atoms with Gasteiger partial charge in [-0.1, -0.05) is 6.92 Å². The van der Waals surface area contributed by atoms with Crippen LogP contribution >= 0.6 is 0 Å². The largest absolute Gasteiger partial charge is 0.425 e. The van der Waals surface area contributed by atoms with E-state index in [4.69, 9.17) is 9.15 Å². The standard InChI is InChI=1S/C13H21N3O4S/c1-3-8-21(17,18)16-6-4-11-13(9-16,5-7-19-11)12-15-14-10(2)20-12/h11H,3-9H2,1-2H3/t11-,13-/m1/s1. The Kier molecular flexibility index (Phi) is 3.79. The van der Waals surface area contributed by atoms with Gasteiger partial charge in [0.05, 0.1) is 17.3 Å². The lowest BCUT2D eigenvalue weighted by atomic mass is 9.77. The highest BCUT2D eigenvalue weighted by molar-refractivity contribution is 7.89. The van der Waals surface area contributed by atoms with E-state index in [2.05, 4.69) is 10.2 Å². The number of aryl methyl sites for hydroxylation is 1. The van der Waals surface area contributed by atoms with Gasteiger partial charge in [0.1, 0.15) is 0 Å². The molecular formula is C13H21N3O4S. The third-order valence-corrected chi connectivity index (χ3v) is 6.41. The molecule has 0 amide bonds. The summed E-state index contributed by atoms with van der Waals surface area (Å²) in [6.07, 6.45) is 1.97. The first-order valence-corrected chi connectivity index (χ1v) is 8.99. The number of rotatable bonds is 4. The van der Waals surface area contributed by atoms with E-state index in [9.17, 15) is 8.42 Å². The van der Waals surface area contributed by atoms with Gasteiger partial charge in [-0.3, -0.25) is 0 Å². The molecule has 2 aliphatic heterocycles. The summed E-state index contributed by atoms with van der Waals surface area (Å²) < 4.78 is 37.7. The summed E-state index contributed by atoms with van der Waals surface area (Å²) in [5, 5.41) is 8.05. The zero-order valence-electron chi connectivity index (χ0n) is 12.4. The molecule has 0 spiro atoms. The predicted molar refractivity (Wildman–Crippen MR) is 75.3 cm³/mol. The van der Waals surface area contributed by atoms with E-state index in [0.717, 1.165) is 6.42 Å². The van der Waals surface area contributed by atoms with Crippen LogP contribution in [0.1, 0.15) is 38.0 Å². The van der Waals surface area contributed by atoms with Crippen molar-refractivity contribution in [3.63, 3.8) is 0 Å². The molecule has 2 fully saturated rings. The second-order valence-electron chi connectivity index (χ2n) is 5.83. The summed E-state index contributed by atoms with van der Waals surface area (Å²) in [5.41, 5.74) is -0.486. The Bertz CT molecular complexity index is 615. The second-order valence-corrected chi connectivity index (χ2v) is 7.92. The normalized spacial score (nSPS) is 30.5. The topological polar surface area (TPSA) is 85.5 Å². The van der Waals surface area contributed by atoms with Crippen molar-refractivity contribution in [2.75, 3.05) is 25.4 Å². The zero-order chi connectivity index (χ0) is 15.1. The van der Waals surface area contributed by atoms with Crippen molar-refractivity contribution in [3.8, 4) is 0 Å². The minimum Gasteiger partial charge on any atom is -0.425 e. The molecule has 1 aromatic rings. The van der Waals surface area contributed by atoms with E-state index in [0.29, 0.717) is 44.3 Å². The molecule has 2 atom stereocenters. The molecule has 8 heteroatoms. The summed E-state index contributed by atoms with van der Waals surface area (Å²) in [4.78, 5) is 0. The lowest BCUT2D eigenvalue weighted by Crippen LogP contribution is -2.54. The molecule has 7 nitrogen and oxygen atoms in total. The fourth-order valence-electron chi connectivity index (χ4n) is 3.33. The zero-order valence-corrected chi connectivity index (χ0v) is 13.2. The molecule has 21 heavy (non-hydrogen) atoms. The second kappa shape index (κ2) is 5.33. The molecule has 0 aromatic carbocycles. The van der Waals surface area contributed by atoms with Gasteiger partial charge in [-0.25, -0.2) is 12.7 Å². The quantitative estimate of drug-likeness (QED) is 0.819. The fourth-order valence-corrected chi connectivity index (χ4v) is 4.92. The Morgan fingerprint density at radius 1 is 1.43 bits per heavy atom. The summed E-state index contributed by atoms with van der Waals surface area (Å²) in [7, 11) is -3.22. The first-order valence-electron chi connectivity index (χ1n) is 7.38. The number of piperidine rings is 1. The van der Waals surface area contributed by atoms with Crippen molar-refractivity contribution in [1.29, 1.82) is 0 Å². The van der Waals surface area contributed by atoms with Crippen molar-refractivity contribution in [1.82, 2.24) is 14.5 Å². The maximum absolute atomic E-state index is 12.4. The minimum atomic E-state index is -3.22. The maximum Gasteiger partial charge on any atom is 0.226 e. The lowest BCUT2D eigenvalue weighted by molar-refractivity contribution is 0.0295. The van der Waals surface area contributed by atoms with Crippen LogP contribution < -0.4 is 0 Å². The highest BCUT2D eigenvalue weighted by atomic mass is 32.2. The van der Waals surface area contributed by atoms with Crippen LogP contribution in [0.15, 0.2) is 4.42 Å². The van der Waals surface area contributed by atoms with Gasteiger partial charge in [0.15, 0.2) is 0 Å². The number of ether oxygens (including phenoxy) is 1. The van der Waals surface area contributed by atoms with Crippen molar-refractivity contribution in [3.05, 3.63) is 11.8 Å². The van der Waals surface area contributed by atoms with E-state index >= 15 is 0 Å². The molecule has 0 saturated carbocycles. The molecule has 3 heterocycles. The molecular weight excluding hydrogens is 294 g/mol. The Hall–Kier alpha value is -0.990. The van der Waals surface area contributed by atoms with E-state index in [1.165, 1.54) is 0 Å². The van der Waals surface area contributed by atoms with Crippen LogP contribution in [0.3, 0.4) is 0 Å². The maximum atomic E-state index is 12.4. The average Bonchev–Trinajstić information content (AvgIpc) is 3.04. The smallest absolute Gasteiger partial charge is 0.226 e. The van der Waals surface area contributed by atoms with Crippen LogP contribution in [0.5, 0.6) is 0 Å². The molecule has 0 aliphatic carbocycles. The van der Waals surface area contributed by atoms with Gasteiger partial charge in [-0.2, -0.15) is 0 Å². The number of nitrogens with zero attached hydrogens (tertiary/aromatic N) is 3. The van der Waals surface area contributed by atoms with Gasteiger partial charge in [0.2, 0.25) is 21.8 Å². The van der Waals surface area contributed by atoms with Gasteiger partial charge in [0, 0.05) is 26.6 Å². The number of aromatic nitrogens is 2. The lowest BCUT2D eigenvalue weighted by Gasteiger charge is -2.40. The van der Waals surface area contributed by atoms with Gasteiger partial charge < -0.3 is 9.15 Å². The van der Waals surface area contributed by atoms with E-state index in [-0.39, 0.29) is 11.9 Å². The van der Waals surface area contributed by atoms with Crippen LogP contribution in [0.4, 0.5) is 0 Å². The van der Waals surface area contributed by atoms with Crippen molar-refractivity contribution < 1.29 is 17.6 Å². The monoisotopic (exact) mass is 315 g/mol. The Labute approximate surface area is 124 Å². The first kappa shape index (κ1) is 14.9. The van der Waals surface area contributed by atoms with Gasteiger partial charge in [-0.05, 0) is 19.3 Å². The molecule has 3 rings (SSSR count). The Morgan fingerprint density at radius 3 is 2.90 bits per heavy atom. The summed E-state index contributed by atoms with van der Waals surface area (Å²) in [6, 6.07) is 0. The van der Waals surface area contributed by atoms with Gasteiger partial charge in [0.25, 0.3) is 0 Å².